The minimum Gasteiger partial charge on any atom is -0.496 e. The molecular weight excluding hydrogens is 328 g/mol. The van der Waals surface area contributed by atoms with Gasteiger partial charge in [-0.15, -0.1) is 0 Å². The van der Waals surface area contributed by atoms with Crippen molar-refractivity contribution in [3.05, 3.63) is 57.1 Å². The van der Waals surface area contributed by atoms with Crippen molar-refractivity contribution >= 4 is 15.9 Å². The van der Waals surface area contributed by atoms with Crippen LogP contribution in [0.3, 0.4) is 0 Å². The van der Waals surface area contributed by atoms with Gasteiger partial charge in [0, 0.05) is 11.5 Å². The van der Waals surface area contributed by atoms with Crippen LogP contribution >= 0.6 is 15.9 Å². The molecule has 0 fully saturated rings. The van der Waals surface area contributed by atoms with Gasteiger partial charge in [-0.3, -0.25) is 0 Å². The zero-order valence-corrected chi connectivity index (χ0v) is 14.2. The first kappa shape index (κ1) is 14.5. The Labute approximate surface area is 134 Å². The van der Waals surface area contributed by atoms with Crippen LogP contribution in [0.2, 0.25) is 0 Å². The summed E-state index contributed by atoms with van der Waals surface area (Å²) in [6.07, 6.45) is 2.22. The molecule has 1 aliphatic carbocycles. The number of ether oxygens (including phenoxy) is 2. The van der Waals surface area contributed by atoms with Crippen LogP contribution in [0, 0.1) is 6.92 Å². The van der Waals surface area contributed by atoms with E-state index in [-0.39, 0.29) is 0 Å². The van der Waals surface area contributed by atoms with Gasteiger partial charge in [-0.1, -0.05) is 18.2 Å². The smallest absolute Gasteiger partial charge is 0.140 e. The minimum absolute atomic E-state index is 0.335. The molecule has 1 unspecified atom stereocenters. The number of methoxy groups -OCH3 is 2. The topological polar surface area (TPSA) is 18.5 Å². The number of halogens is 1. The van der Waals surface area contributed by atoms with E-state index in [1.54, 1.807) is 14.2 Å². The predicted octanol–water partition coefficient (Wildman–Crippen LogP) is 4.85. The van der Waals surface area contributed by atoms with Crippen LogP contribution < -0.4 is 9.47 Å². The van der Waals surface area contributed by atoms with Crippen molar-refractivity contribution in [3.8, 4) is 11.5 Å². The maximum absolute atomic E-state index is 5.65. The highest BCUT2D eigenvalue weighted by Gasteiger charge is 2.30. The van der Waals surface area contributed by atoms with Gasteiger partial charge in [0.25, 0.3) is 0 Å². The van der Waals surface area contributed by atoms with Gasteiger partial charge < -0.3 is 9.47 Å². The van der Waals surface area contributed by atoms with Gasteiger partial charge in [-0.25, -0.2) is 0 Å². The average molecular weight is 347 g/mol. The lowest BCUT2D eigenvalue weighted by Gasteiger charge is -2.20. The van der Waals surface area contributed by atoms with Gasteiger partial charge >= 0.3 is 0 Å². The molecule has 0 N–H and O–H groups in total. The molecule has 1 atom stereocenters. The van der Waals surface area contributed by atoms with Crippen molar-refractivity contribution in [2.45, 2.75) is 25.7 Å². The number of hydrogen-bond donors (Lipinski definition) is 0. The fourth-order valence-electron chi connectivity index (χ4n) is 3.41. The summed E-state index contributed by atoms with van der Waals surface area (Å²) < 4.78 is 12.2. The second-order valence-electron chi connectivity index (χ2n) is 5.43. The van der Waals surface area contributed by atoms with Gasteiger partial charge in [0.15, 0.2) is 0 Å². The van der Waals surface area contributed by atoms with Crippen molar-refractivity contribution in [1.29, 1.82) is 0 Å². The molecule has 0 radical (unpaired) electrons. The summed E-state index contributed by atoms with van der Waals surface area (Å²) >= 11 is 3.59. The van der Waals surface area contributed by atoms with Gasteiger partial charge in [0.2, 0.25) is 0 Å². The number of aryl methyl sites for hydroxylation is 1. The predicted molar refractivity (Wildman–Crippen MR) is 88.6 cm³/mol. The van der Waals surface area contributed by atoms with Gasteiger partial charge in [-0.05, 0) is 64.5 Å². The Kier molecular flexibility index (Phi) is 3.94. The summed E-state index contributed by atoms with van der Waals surface area (Å²) in [5.41, 5.74) is 5.41. The van der Waals surface area contributed by atoms with E-state index in [9.17, 15) is 0 Å². The van der Waals surface area contributed by atoms with E-state index in [2.05, 4.69) is 41.1 Å². The Bertz CT molecular complexity index is 679. The van der Waals surface area contributed by atoms with E-state index in [0.717, 1.165) is 34.4 Å². The van der Waals surface area contributed by atoms with Crippen LogP contribution in [-0.2, 0) is 6.42 Å². The Morgan fingerprint density at radius 2 is 1.90 bits per heavy atom. The molecule has 0 saturated heterocycles. The number of fused-ring (bicyclic) bond motifs is 1. The van der Waals surface area contributed by atoms with Gasteiger partial charge in [-0.2, -0.15) is 0 Å². The lowest BCUT2D eigenvalue weighted by Crippen LogP contribution is -2.04. The molecule has 0 aliphatic heterocycles. The maximum Gasteiger partial charge on any atom is 0.140 e. The van der Waals surface area contributed by atoms with Crippen molar-refractivity contribution in [3.63, 3.8) is 0 Å². The van der Waals surface area contributed by atoms with E-state index in [0.29, 0.717) is 5.92 Å². The molecule has 3 rings (SSSR count). The van der Waals surface area contributed by atoms with Gasteiger partial charge in [0.05, 0.1) is 18.7 Å². The Morgan fingerprint density at radius 1 is 1.10 bits per heavy atom. The van der Waals surface area contributed by atoms with Crippen LogP contribution in [0.4, 0.5) is 0 Å². The van der Waals surface area contributed by atoms with E-state index in [1.807, 2.05) is 12.1 Å². The first-order valence-corrected chi connectivity index (χ1v) is 7.95. The normalized spacial score (nSPS) is 16.7. The maximum atomic E-state index is 5.65. The van der Waals surface area contributed by atoms with Gasteiger partial charge in [0.1, 0.15) is 11.5 Å². The molecule has 0 amide bonds. The number of benzene rings is 2. The lowest BCUT2D eigenvalue weighted by molar-refractivity contribution is 0.380. The molecule has 110 valence electrons. The van der Waals surface area contributed by atoms with Crippen molar-refractivity contribution in [1.82, 2.24) is 0 Å². The molecule has 0 spiro atoms. The van der Waals surface area contributed by atoms with E-state index in [1.165, 1.54) is 16.7 Å². The Balaban J connectivity index is 2.19. The summed E-state index contributed by atoms with van der Waals surface area (Å²) in [4.78, 5) is 0. The molecule has 0 bridgehead atoms. The summed E-state index contributed by atoms with van der Waals surface area (Å²) in [6.45, 7) is 2.19. The zero-order valence-electron chi connectivity index (χ0n) is 12.6. The van der Waals surface area contributed by atoms with Crippen LogP contribution in [0.25, 0.3) is 0 Å². The van der Waals surface area contributed by atoms with Crippen LogP contribution in [-0.4, -0.2) is 14.2 Å². The summed E-state index contributed by atoms with van der Waals surface area (Å²) in [6, 6.07) is 10.6. The first-order valence-electron chi connectivity index (χ1n) is 7.16. The molecule has 0 aromatic heterocycles. The van der Waals surface area contributed by atoms with Crippen molar-refractivity contribution < 1.29 is 9.47 Å². The first-order chi connectivity index (χ1) is 10.2. The molecule has 0 heterocycles. The average Bonchev–Trinajstić information content (AvgIpc) is 2.92. The fraction of sp³-hybridized carbons (Fsp3) is 0.333. The standard InChI is InChI=1S/C18H19BrO2/c1-11-5-4-6-13-12(11)7-8-14(13)17-16(20-2)10-9-15(19)18(17)21-3/h4-6,9-10,14H,7-8H2,1-3H3. The highest BCUT2D eigenvalue weighted by Crippen LogP contribution is 2.48. The highest BCUT2D eigenvalue weighted by atomic mass is 79.9. The van der Waals surface area contributed by atoms with Crippen molar-refractivity contribution in [2.75, 3.05) is 14.2 Å². The highest BCUT2D eigenvalue weighted by molar-refractivity contribution is 9.10. The van der Waals surface area contributed by atoms with E-state index >= 15 is 0 Å². The number of hydrogen-bond acceptors (Lipinski definition) is 2. The fourth-order valence-corrected chi connectivity index (χ4v) is 3.91. The Hall–Kier alpha value is -1.48. The van der Waals surface area contributed by atoms with Crippen LogP contribution in [0.15, 0.2) is 34.8 Å². The molecule has 21 heavy (non-hydrogen) atoms. The largest absolute Gasteiger partial charge is 0.496 e. The molecular formula is C18H19BrO2. The third-order valence-corrected chi connectivity index (χ3v) is 5.01. The SMILES string of the molecule is COc1ccc(Br)c(OC)c1C1CCc2c(C)cccc21. The monoisotopic (exact) mass is 346 g/mol. The molecule has 3 heteroatoms. The second-order valence-corrected chi connectivity index (χ2v) is 6.28. The third-order valence-electron chi connectivity index (χ3n) is 4.39. The molecule has 2 nitrogen and oxygen atoms in total. The molecule has 2 aromatic rings. The molecule has 0 saturated carbocycles. The lowest BCUT2D eigenvalue weighted by atomic mass is 9.90. The summed E-state index contributed by atoms with van der Waals surface area (Å²) in [5, 5.41) is 0. The third kappa shape index (κ3) is 2.34. The summed E-state index contributed by atoms with van der Waals surface area (Å²) in [7, 11) is 3.44. The van der Waals surface area contributed by atoms with Crippen LogP contribution in [0.1, 0.15) is 34.6 Å². The van der Waals surface area contributed by atoms with E-state index in [4.69, 9.17) is 9.47 Å². The minimum atomic E-state index is 0.335. The zero-order chi connectivity index (χ0) is 15.0. The molecule has 2 aromatic carbocycles. The Morgan fingerprint density at radius 3 is 2.62 bits per heavy atom. The number of rotatable bonds is 3. The molecule has 1 aliphatic rings. The van der Waals surface area contributed by atoms with E-state index < -0.39 is 0 Å². The second kappa shape index (κ2) is 5.72. The van der Waals surface area contributed by atoms with Crippen LogP contribution in [0.5, 0.6) is 11.5 Å². The van der Waals surface area contributed by atoms with Crippen molar-refractivity contribution in [2.24, 2.45) is 0 Å². The quantitative estimate of drug-likeness (QED) is 0.790. The summed E-state index contributed by atoms with van der Waals surface area (Å²) in [5.74, 6) is 2.12.